The molecular formula is C28H34ClN3O3SSi. The quantitative estimate of drug-likeness (QED) is 0.0761. The van der Waals surface area contributed by atoms with Crippen LogP contribution in [-0.2, 0) is 16.8 Å². The van der Waals surface area contributed by atoms with Crippen molar-refractivity contribution in [3.8, 4) is 17.6 Å². The van der Waals surface area contributed by atoms with Crippen LogP contribution in [0.4, 0.5) is 0 Å². The summed E-state index contributed by atoms with van der Waals surface area (Å²) in [6, 6.07) is 16.8. The normalized spacial score (nSPS) is 11.7. The summed E-state index contributed by atoms with van der Waals surface area (Å²) in [6.07, 6.45) is 3.68. The van der Waals surface area contributed by atoms with Crippen LogP contribution in [0.25, 0.3) is 0 Å². The lowest BCUT2D eigenvalue weighted by atomic mass is 9.77. The Hall–Kier alpha value is -2.57. The Morgan fingerprint density at radius 3 is 2.43 bits per heavy atom. The van der Waals surface area contributed by atoms with Crippen molar-refractivity contribution in [2.24, 2.45) is 0 Å². The number of hydrogen-bond acceptors (Lipinski definition) is 7. The fourth-order valence-electron chi connectivity index (χ4n) is 3.57. The Balaban J connectivity index is 1.69. The van der Waals surface area contributed by atoms with Crippen molar-refractivity contribution in [3.05, 3.63) is 76.1 Å². The van der Waals surface area contributed by atoms with Crippen LogP contribution in [0.3, 0.4) is 0 Å². The Morgan fingerprint density at radius 2 is 1.78 bits per heavy atom. The third-order valence-electron chi connectivity index (χ3n) is 6.01. The van der Waals surface area contributed by atoms with Crippen LogP contribution in [0.5, 0.6) is 11.5 Å². The van der Waals surface area contributed by atoms with Crippen LogP contribution in [0.2, 0.25) is 30.7 Å². The highest BCUT2D eigenvalue weighted by molar-refractivity contribution is 7.98. The van der Waals surface area contributed by atoms with E-state index in [1.165, 1.54) is 11.8 Å². The molecule has 1 heterocycles. The maximum absolute atomic E-state index is 9.78. The molecule has 0 saturated carbocycles. The topological polar surface area (TPSA) is 77.3 Å². The highest BCUT2D eigenvalue weighted by atomic mass is 35.5. The molecule has 0 fully saturated rings. The predicted molar refractivity (Wildman–Crippen MR) is 152 cm³/mol. The van der Waals surface area contributed by atoms with Crippen LogP contribution in [0.15, 0.2) is 53.8 Å². The van der Waals surface area contributed by atoms with Crippen molar-refractivity contribution < 1.29 is 14.2 Å². The summed E-state index contributed by atoms with van der Waals surface area (Å²) < 4.78 is 17.3. The van der Waals surface area contributed by atoms with Gasteiger partial charge in [0.2, 0.25) is 0 Å². The van der Waals surface area contributed by atoms with Gasteiger partial charge in [0.1, 0.15) is 18.4 Å². The molecule has 1 aromatic heterocycles. The molecule has 0 radical (unpaired) electrons. The van der Waals surface area contributed by atoms with E-state index >= 15 is 0 Å². The van der Waals surface area contributed by atoms with Crippen LogP contribution < -0.4 is 9.47 Å². The van der Waals surface area contributed by atoms with Crippen LogP contribution in [0.1, 0.15) is 36.2 Å². The highest BCUT2D eigenvalue weighted by Gasteiger charge is 2.26. The molecule has 0 bridgehead atoms. The van der Waals surface area contributed by atoms with Crippen molar-refractivity contribution >= 4 is 31.4 Å². The van der Waals surface area contributed by atoms with Gasteiger partial charge in [-0.15, -0.1) is 0 Å². The zero-order chi connectivity index (χ0) is 27.1. The summed E-state index contributed by atoms with van der Waals surface area (Å²) in [5.41, 5.74) is 2.79. The molecule has 196 valence electrons. The first-order chi connectivity index (χ1) is 17.5. The monoisotopic (exact) mass is 555 g/mol. The second-order valence-electron chi connectivity index (χ2n) is 10.4. The second-order valence-corrected chi connectivity index (χ2v) is 17.2. The van der Waals surface area contributed by atoms with Gasteiger partial charge < -0.3 is 14.2 Å². The number of benzene rings is 2. The van der Waals surface area contributed by atoms with E-state index in [0.29, 0.717) is 29.5 Å². The first kappa shape index (κ1) is 29.0. The largest absolute Gasteiger partial charge is 0.487 e. The zero-order valence-electron chi connectivity index (χ0n) is 22.3. The van der Waals surface area contributed by atoms with E-state index in [2.05, 4.69) is 49.5 Å². The number of nitriles is 1. The van der Waals surface area contributed by atoms with E-state index in [0.717, 1.165) is 33.8 Å². The average Bonchev–Trinajstić information content (AvgIpc) is 2.87. The number of aromatic nitrogens is 2. The van der Waals surface area contributed by atoms with Gasteiger partial charge in [0, 0.05) is 26.3 Å². The number of ether oxygens (including phenoxy) is 3. The molecule has 3 aromatic rings. The Morgan fingerprint density at radius 1 is 1.05 bits per heavy atom. The van der Waals surface area contributed by atoms with Gasteiger partial charge in [-0.2, -0.15) is 5.26 Å². The van der Waals surface area contributed by atoms with Crippen molar-refractivity contribution in [2.45, 2.75) is 56.7 Å². The lowest BCUT2D eigenvalue weighted by Crippen LogP contribution is -2.22. The fraction of sp³-hybridized carbons (Fsp3) is 0.393. The number of rotatable bonds is 12. The number of thioether (sulfide) groups is 1. The van der Waals surface area contributed by atoms with Gasteiger partial charge in [0.15, 0.2) is 17.7 Å². The molecular weight excluding hydrogens is 522 g/mol. The van der Waals surface area contributed by atoms with E-state index in [9.17, 15) is 5.26 Å². The summed E-state index contributed by atoms with van der Waals surface area (Å²) in [5.74, 6) is 1.10. The first-order valence-corrected chi connectivity index (χ1v) is 17.4. The van der Waals surface area contributed by atoms with Crippen molar-refractivity contribution in [1.82, 2.24) is 9.97 Å². The van der Waals surface area contributed by atoms with Gasteiger partial charge >= 0.3 is 0 Å². The van der Waals surface area contributed by atoms with Crippen molar-refractivity contribution in [2.75, 3.05) is 19.7 Å². The van der Waals surface area contributed by atoms with Crippen LogP contribution >= 0.6 is 23.4 Å². The number of nitrogens with zero attached hydrogens (tertiary/aromatic N) is 3. The fourth-order valence-corrected chi connectivity index (χ4v) is 4.97. The molecule has 0 spiro atoms. The minimum atomic E-state index is -1.18. The third-order valence-corrected chi connectivity index (χ3v) is 8.55. The molecule has 6 nitrogen and oxygen atoms in total. The summed E-state index contributed by atoms with van der Waals surface area (Å²) in [4.78, 5) is 8.63. The average molecular weight is 556 g/mol. The van der Waals surface area contributed by atoms with Gasteiger partial charge in [-0.1, -0.05) is 69.0 Å². The van der Waals surface area contributed by atoms with E-state index in [4.69, 9.17) is 25.8 Å². The molecule has 0 aliphatic carbocycles. The standard InChI is InChI=1S/C28H34ClN3O3SSi/c1-28(2,21-7-9-24(10-8-21)34-18-23-11-12-31-27(32-23)36-3)22-15-20(17-30)26(25(29)16-22)35-19-33-13-14-37(4,5)6/h7-12,15-16H,13-14,18-19H2,1-6H3. The number of halogens is 1. The van der Waals surface area contributed by atoms with Gasteiger partial charge in [0.05, 0.1) is 16.3 Å². The Kier molecular flexibility index (Phi) is 10.0. The molecule has 3 rings (SSSR count). The van der Waals surface area contributed by atoms with Crippen LogP contribution in [0, 0.1) is 11.3 Å². The molecule has 37 heavy (non-hydrogen) atoms. The van der Waals surface area contributed by atoms with E-state index < -0.39 is 13.5 Å². The van der Waals surface area contributed by atoms with Crippen molar-refractivity contribution in [3.63, 3.8) is 0 Å². The molecule has 2 aromatic carbocycles. The molecule has 0 atom stereocenters. The summed E-state index contributed by atoms with van der Waals surface area (Å²) in [7, 11) is -1.18. The SMILES string of the molecule is CSc1nccc(COc2ccc(C(C)(C)c3cc(Cl)c(OCOCC[Si](C)(C)C)c(C#N)c3)cc2)n1. The second kappa shape index (κ2) is 12.8. The van der Waals surface area contributed by atoms with Crippen LogP contribution in [-0.4, -0.2) is 37.7 Å². The smallest absolute Gasteiger partial charge is 0.189 e. The lowest BCUT2D eigenvalue weighted by Gasteiger charge is -2.27. The van der Waals surface area contributed by atoms with E-state index in [-0.39, 0.29) is 6.79 Å². The van der Waals surface area contributed by atoms with Gasteiger partial charge in [-0.25, -0.2) is 9.97 Å². The maximum Gasteiger partial charge on any atom is 0.189 e. The van der Waals surface area contributed by atoms with E-state index in [1.807, 2.05) is 48.7 Å². The highest BCUT2D eigenvalue weighted by Crippen LogP contribution is 2.38. The third kappa shape index (κ3) is 8.21. The minimum Gasteiger partial charge on any atom is -0.487 e. The molecule has 9 heteroatoms. The molecule has 0 saturated heterocycles. The summed E-state index contributed by atoms with van der Waals surface area (Å²) in [6.45, 7) is 12.2. The Labute approximate surface area is 230 Å². The minimum absolute atomic E-state index is 0.0662. The van der Waals surface area contributed by atoms with Gasteiger partial charge in [-0.05, 0) is 53.8 Å². The Bertz CT molecular complexity index is 1240. The lowest BCUT2D eigenvalue weighted by molar-refractivity contribution is 0.0219. The molecule has 0 amide bonds. The maximum atomic E-state index is 9.78. The molecule has 0 aliphatic rings. The van der Waals surface area contributed by atoms with Crippen molar-refractivity contribution in [1.29, 1.82) is 5.26 Å². The number of hydrogen-bond donors (Lipinski definition) is 0. The molecule has 0 aliphatic heterocycles. The summed E-state index contributed by atoms with van der Waals surface area (Å²) in [5, 5.41) is 10.9. The van der Waals surface area contributed by atoms with Gasteiger partial charge in [-0.3, -0.25) is 0 Å². The zero-order valence-corrected chi connectivity index (χ0v) is 24.9. The first-order valence-electron chi connectivity index (χ1n) is 12.1. The van der Waals surface area contributed by atoms with Gasteiger partial charge in [0.25, 0.3) is 0 Å². The summed E-state index contributed by atoms with van der Waals surface area (Å²) >= 11 is 8.08. The molecule has 0 N–H and O–H groups in total. The van der Waals surface area contributed by atoms with E-state index in [1.54, 1.807) is 6.20 Å². The molecule has 0 unspecified atom stereocenters. The predicted octanol–water partition coefficient (Wildman–Crippen LogP) is 7.32.